The maximum absolute atomic E-state index is 12.4. The fourth-order valence-corrected chi connectivity index (χ4v) is 3.76. The van der Waals surface area contributed by atoms with E-state index in [1.165, 1.54) is 19.3 Å². The Kier molecular flexibility index (Phi) is 5.08. The molecule has 1 saturated carbocycles. The summed E-state index contributed by atoms with van der Waals surface area (Å²) in [5, 5.41) is 14.8. The second-order valence-corrected chi connectivity index (χ2v) is 6.60. The van der Waals surface area contributed by atoms with Crippen LogP contribution in [0.4, 0.5) is 0 Å². The van der Waals surface area contributed by atoms with Crippen molar-refractivity contribution in [3.63, 3.8) is 0 Å². The average Bonchev–Trinajstić information content (AvgIpc) is 3.06. The normalized spacial score (nSPS) is 26.8. The first-order valence-electron chi connectivity index (χ1n) is 8.71. The first kappa shape index (κ1) is 15.5. The van der Waals surface area contributed by atoms with Gasteiger partial charge in [-0.1, -0.05) is 31.4 Å². The predicted molar refractivity (Wildman–Crippen MR) is 84.7 cm³/mol. The van der Waals surface area contributed by atoms with Gasteiger partial charge in [-0.25, -0.2) is 4.68 Å². The van der Waals surface area contributed by atoms with Gasteiger partial charge in [-0.2, -0.15) is 0 Å². The van der Waals surface area contributed by atoms with Crippen LogP contribution in [0.3, 0.4) is 0 Å². The van der Waals surface area contributed by atoms with Gasteiger partial charge in [0.2, 0.25) is 0 Å². The van der Waals surface area contributed by atoms with Crippen LogP contribution in [-0.2, 0) is 0 Å². The zero-order valence-corrected chi connectivity index (χ0v) is 13.4. The van der Waals surface area contributed by atoms with E-state index in [4.69, 9.17) is 0 Å². The number of amides is 1. The van der Waals surface area contributed by atoms with Crippen molar-refractivity contribution in [3.05, 3.63) is 11.9 Å². The monoisotopic (exact) mass is 305 g/mol. The number of carbonyl (C=O) groups excluding carboxylic acids is 1. The Balaban J connectivity index is 1.61. The molecular formula is C16H27N5O. The van der Waals surface area contributed by atoms with Crippen LogP contribution in [0.15, 0.2) is 6.20 Å². The molecule has 1 saturated heterocycles. The van der Waals surface area contributed by atoms with E-state index in [2.05, 4.69) is 27.9 Å². The van der Waals surface area contributed by atoms with E-state index in [1.54, 1.807) is 0 Å². The smallest absolute Gasteiger partial charge is 0.273 e. The molecule has 0 bridgehead atoms. The van der Waals surface area contributed by atoms with Crippen molar-refractivity contribution in [2.75, 3.05) is 13.1 Å². The molecule has 2 aliphatic rings. The number of hydrogen-bond acceptors (Lipinski definition) is 4. The Hall–Kier alpha value is -1.43. The quantitative estimate of drug-likeness (QED) is 0.891. The summed E-state index contributed by atoms with van der Waals surface area (Å²) in [6, 6.07) is 0.670. The number of aromatic nitrogens is 3. The minimum absolute atomic E-state index is 0.0643. The molecule has 1 aromatic heterocycles. The van der Waals surface area contributed by atoms with E-state index in [9.17, 15) is 4.79 Å². The maximum Gasteiger partial charge on any atom is 0.273 e. The molecule has 1 aliphatic heterocycles. The Morgan fingerprint density at radius 2 is 2.09 bits per heavy atom. The third kappa shape index (κ3) is 3.48. The van der Waals surface area contributed by atoms with Crippen molar-refractivity contribution in [2.45, 2.75) is 64.0 Å². The second-order valence-electron chi connectivity index (χ2n) is 6.60. The fraction of sp³-hybridized carbons (Fsp3) is 0.812. The topological polar surface area (TPSA) is 71.8 Å². The molecule has 2 unspecified atom stereocenters. The lowest BCUT2D eigenvalue weighted by atomic mass is 9.83. The standard InChI is InChI=1S/C16H27N5O/c1-2-12-5-3-4-6-14(12)18-16(22)15-11-21(20-19-15)13-7-9-17-10-8-13/h11-14,17H,2-10H2,1H3,(H,18,22). The molecule has 0 radical (unpaired) electrons. The third-order valence-electron chi connectivity index (χ3n) is 5.18. The predicted octanol–water partition coefficient (Wildman–Crippen LogP) is 1.90. The fourth-order valence-electron chi connectivity index (χ4n) is 3.76. The molecule has 1 amide bonds. The number of piperidine rings is 1. The van der Waals surface area contributed by atoms with E-state index in [0.29, 0.717) is 23.7 Å². The van der Waals surface area contributed by atoms with Crippen LogP contribution in [0, 0.1) is 5.92 Å². The molecule has 2 heterocycles. The third-order valence-corrected chi connectivity index (χ3v) is 5.18. The molecular weight excluding hydrogens is 278 g/mol. The molecule has 122 valence electrons. The zero-order valence-electron chi connectivity index (χ0n) is 13.4. The van der Waals surface area contributed by atoms with Crippen LogP contribution in [0.1, 0.15) is 68.4 Å². The van der Waals surface area contributed by atoms with Gasteiger partial charge < -0.3 is 10.6 Å². The van der Waals surface area contributed by atoms with Crippen molar-refractivity contribution >= 4 is 5.91 Å². The molecule has 1 aromatic rings. The van der Waals surface area contributed by atoms with Gasteiger partial charge >= 0.3 is 0 Å². The van der Waals surface area contributed by atoms with Crippen LogP contribution < -0.4 is 10.6 Å². The SMILES string of the molecule is CCC1CCCCC1NC(=O)c1cn(C2CCNCC2)nn1. The van der Waals surface area contributed by atoms with Gasteiger partial charge in [-0.3, -0.25) is 4.79 Å². The first-order chi connectivity index (χ1) is 10.8. The van der Waals surface area contributed by atoms with Crippen molar-refractivity contribution in [1.29, 1.82) is 0 Å². The Morgan fingerprint density at radius 3 is 2.86 bits per heavy atom. The zero-order chi connectivity index (χ0) is 15.4. The van der Waals surface area contributed by atoms with Crippen LogP contribution in [0.5, 0.6) is 0 Å². The molecule has 0 aromatic carbocycles. The second kappa shape index (κ2) is 7.22. The number of rotatable bonds is 4. The Labute approximate surface area is 132 Å². The van der Waals surface area contributed by atoms with E-state index in [0.717, 1.165) is 38.8 Å². The van der Waals surface area contributed by atoms with Gasteiger partial charge in [0.15, 0.2) is 5.69 Å². The summed E-state index contributed by atoms with van der Waals surface area (Å²) < 4.78 is 1.87. The van der Waals surface area contributed by atoms with Gasteiger partial charge in [0.25, 0.3) is 5.91 Å². The van der Waals surface area contributed by atoms with E-state index in [1.807, 2.05) is 10.9 Å². The summed E-state index contributed by atoms with van der Waals surface area (Å²) in [5.74, 6) is 0.544. The number of nitrogens with zero attached hydrogens (tertiary/aromatic N) is 3. The summed E-state index contributed by atoms with van der Waals surface area (Å²) in [6.45, 7) is 4.22. The van der Waals surface area contributed by atoms with Gasteiger partial charge in [-0.15, -0.1) is 5.10 Å². The van der Waals surface area contributed by atoms with Crippen LogP contribution in [-0.4, -0.2) is 40.0 Å². The molecule has 6 heteroatoms. The molecule has 0 spiro atoms. The first-order valence-corrected chi connectivity index (χ1v) is 8.71. The summed E-state index contributed by atoms with van der Waals surface area (Å²) >= 11 is 0. The maximum atomic E-state index is 12.4. The average molecular weight is 305 g/mol. The van der Waals surface area contributed by atoms with Gasteiger partial charge in [0.05, 0.1) is 12.2 Å². The molecule has 2 fully saturated rings. The molecule has 2 atom stereocenters. The van der Waals surface area contributed by atoms with Crippen molar-refractivity contribution < 1.29 is 4.79 Å². The number of hydrogen-bond donors (Lipinski definition) is 2. The van der Waals surface area contributed by atoms with Crippen LogP contribution in [0.2, 0.25) is 0 Å². The summed E-state index contributed by atoms with van der Waals surface area (Å²) in [7, 11) is 0. The molecule has 6 nitrogen and oxygen atoms in total. The number of carbonyl (C=O) groups is 1. The van der Waals surface area contributed by atoms with Gasteiger partial charge in [-0.05, 0) is 44.7 Å². The minimum atomic E-state index is -0.0643. The van der Waals surface area contributed by atoms with Crippen molar-refractivity contribution in [1.82, 2.24) is 25.6 Å². The van der Waals surface area contributed by atoms with E-state index < -0.39 is 0 Å². The summed E-state index contributed by atoms with van der Waals surface area (Å²) in [6.07, 6.45) is 9.85. The van der Waals surface area contributed by atoms with Crippen LogP contribution in [0.25, 0.3) is 0 Å². The largest absolute Gasteiger partial charge is 0.348 e. The summed E-state index contributed by atoms with van der Waals surface area (Å²) in [4.78, 5) is 12.4. The highest BCUT2D eigenvalue weighted by molar-refractivity contribution is 5.92. The Bertz CT molecular complexity index is 494. The highest BCUT2D eigenvalue weighted by Gasteiger charge is 2.26. The van der Waals surface area contributed by atoms with E-state index in [-0.39, 0.29) is 5.91 Å². The lowest BCUT2D eigenvalue weighted by Crippen LogP contribution is -2.42. The highest BCUT2D eigenvalue weighted by atomic mass is 16.2. The van der Waals surface area contributed by atoms with Gasteiger partial charge in [0.1, 0.15) is 0 Å². The number of nitrogens with one attached hydrogen (secondary N) is 2. The molecule has 2 N–H and O–H groups in total. The molecule has 22 heavy (non-hydrogen) atoms. The Morgan fingerprint density at radius 1 is 1.32 bits per heavy atom. The van der Waals surface area contributed by atoms with Crippen molar-refractivity contribution in [3.8, 4) is 0 Å². The van der Waals surface area contributed by atoms with Crippen LogP contribution >= 0.6 is 0 Å². The lowest BCUT2D eigenvalue weighted by molar-refractivity contribution is 0.0899. The van der Waals surface area contributed by atoms with E-state index >= 15 is 0 Å². The van der Waals surface area contributed by atoms with Gasteiger partial charge in [0, 0.05) is 6.04 Å². The molecule has 1 aliphatic carbocycles. The summed E-state index contributed by atoms with van der Waals surface area (Å²) in [5.41, 5.74) is 0.457. The van der Waals surface area contributed by atoms with Crippen molar-refractivity contribution in [2.24, 2.45) is 5.92 Å². The lowest BCUT2D eigenvalue weighted by Gasteiger charge is -2.31. The molecule has 3 rings (SSSR count). The minimum Gasteiger partial charge on any atom is -0.348 e. The highest BCUT2D eigenvalue weighted by Crippen LogP contribution is 2.27.